The predicted octanol–water partition coefficient (Wildman–Crippen LogP) is 3.04. The van der Waals surface area contributed by atoms with Crippen molar-refractivity contribution in [2.24, 2.45) is 4.99 Å². The number of carbonyl (C=O) groups excluding carboxylic acids is 3. The summed E-state index contributed by atoms with van der Waals surface area (Å²) in [6.07, 6.45) is 1.44. The second-order valence-electron chi connectivity index (χ2n) is 5.06. The molecule has 1 aromatic heterocycles. The lowest BCUT2D eigenvalue weighted by atomic mass is 9.91. The minimum absolute atomic E-state index is 0.0345. The minimum atomic E-state index is -1.17. The molecule has 0 saturated carbocycles. The molecule has 2 aromatic rings. The van der Waals surface area contributed by atoms with Gasteiger partial charge in [-0.3, -0.25) is 19.4 Å². The smallest absolute Gasteiger partial charge is 0.211 e. The number of nitrogens with zero attached hydrogens (tertiary/aromatic N) is 2. The van der Waals surface area contributed by atoms with Crippen LogP contribution < -0.4 is 0 Å². The van der Waals surface area contributed by atoms with Crippen LogP contribution in [0.15, 0.2) is 47.6 Å². The van der Waals surface area contributed by atoms with Gasteiger partial charge in [-0.2, -0.15) is 0 Å². The lowest BCUT2D eigenvalue weighted by Gasteiger charge is -2.18. The average molecular weight is 327 g/mol. The fraction of sp³-hybridized carbons (Fsp3) is 0.118. The first-order valence-corrected chi connectivity index (χ1v) is 7.30. The van der Waals surface area contributed by atoms with Crippen LogP contribution in [0.4, 0.5) is 5.69 Å². The van der Waals surface area contributed by atoms with Crippen molar-refractivity contribution >= 4 is 40.3 Å². The monoisotopic (exact) mass is 326 g/mol. The Balaban J connectivity index is 2.04. The van der Waals surface area contributed by atoms with Gasteiger partial charge in [0, 0.05) is 11.8 Å². The Labute approximate surface area is 137 Å². The van der Waals surface area contributed by atoms with E-state index in [4.69, 9.17) is 11.6 Å². The van der Waals surface area contributed by atoms with Gasteiger partial charge in [0.2, 0.25) is 11.6 Å². The summed E-state index contributed by atoms with van der Waals surface area (Å²) < 4.78 is 0. The summed E-state index contributed by atoms with van der Waals surface area (Å²) in [6, 6.07) is 9.52. The first-order chi connectivity index (χ1) is 11.0. The number of carbonyl (C=O) groups is 3. The highest BCUT2D eigenvalue weighted by Gasteiger charge is 2.38. The van der Waals surface area contributed by atoms with Crippen LogP contribution in [0, 0.1) is 0 Å². The molecule has 1 aromatic carbocycles. The van der Waals surface area contributed by atoms with E-state index in [1.54, 1.807) is 30.3 Å². The number of alkyl halides is 1. The van der Waals surface area contributed by atoms with Crippen molar-refractivity contribution < 1.29 is 14.4 Å². The van der Waals surface area contributed by atoms with Gasteiger partial charge in [-0.25, -0.2) is 4.99 Å². The van der Waals surface area contributed by atoms with Crippen molar-refractivity contribution in [2.75, 3.05) is 0 Å². The molecule has 0 saturated heterocycles. The number of aromatic nitrogens is 1. The Morgan fingerprint density at radius 3 is 2.52 bits per heavy atom. The molecule has 0 aliphatic heterocycles. The molecule has 23 heavy (non-hydrogen) atoms. The second kappa shape index (κ2) is 5.85. The fourth-order valence-electron chi connectivity index (χ4n) is 2.30. The molecule has 0 radical (unpaired) electrons. The van der Waals surface area contributed by atoms with Crippen molar-refractivity contribution in [1.29, 1.82) is 0 Å². The van der Waals surface area contributed by atoms with E-state index in [1.165, 1.54) is 19.2 Å². The molecule has 0 fully saturated rings. The van der Waals surface area contributed by atoms with Crippen LogP contribution in [-0.2, 0) is 0 Å². The number of ketones is 3. The summed E-state index contributed by atoms with van der Waals surface area (Å²) in [4.78, 5) is 44.1. The number of hydrogen-bond donors (Lipinski definition) is 0. The van der Waals surface area contributed by atoms with Crippen LogP contribution in [0.3, 0.4) is 0 Å². The lowest BCUT2D eigenvalue weighted by molar-refractivity contribution is 0.0963. The van der Waals surface area contributed by atoms with E-state index in [0.29, 0.717) is 11.3 Å². The van der Waals surface area contributed by atoms with Crippen LogP contribution >= 0.6 is 11.6 Å². The van der Waals surface area contributed by atoms with Crippen molar-refractivity contribution in [3.63, 3.8) is 0 Å². The average Bonchev–Trinajstić information content (AvgIpc) is 2.57. The second-order valence-corrected chi connectivity index (χ2v) is 5.49. The lowest BCUT2D eigenvalue weighted by Crippen LogP contribution is -2.38. The third-order valence-electron chi connectivity index (χ3n) is 3.51. The van der Waals surface area contributed by atoms with Crippen LogP contribution in [-0.4, -0.2) is 33.4 Å². The van der Waals surface area contributed by atoms with Crippen LogP contribution in [0.2, 0.25) is 0 Å². The Bertz CT molecular complexity index is 856. The number of rotatable bonds is 2. The molecule has 1 aliphatic carbocycles. The van der Waals surface area contributed by atoms with Crippen LogP contribution in [0.5, 0.6) is 0 Å². The molecule has 0 amide bonds. The highest BCUT2D eigenvalue weighted by Crippen LogP contribution is 2.24. The standard InChI is InChI=1S/C17H11ClN2O3/c1-9(21)10-4-6-11(7-5-10)20-15-13(18)17(23)14-12(16(15)22)3-2-8-19-14/h2-8,13H,1H3. The Kier molecular flexibility index (Phi) is 3.88. The molecule has 1 atom stereocenters. The fourth-order valence-corrected chi connectivity index (χ4v) is 2.55. The maximum absolute atomic E-state index is 12.5. The topological polar surface area (TPSA) is 76.5 Å². The zero-order chi connectivity index (χ0) is 16.6. The van der Waals surface area contributed by atoms with Crippen LogP contribution in [0.1, 0.15) is 38.1 Å². The number of pyridine rings is 1. The molecule has 0 spiro atoms. The largest absolute Gasteiger partial charge is 0.295 e. The first-order valence-electron chi connectivity index (χ1n) is 6.86. The van der Waals surface area contributed by atoms with Gasteiger partial charge >= 0.3 is 0 Å². The summed E-state index contributed by atoms with van der Waals surface area (Å²) in [6.45, 7) is 1.46. The molecule has 0 N–H and O–H groups in total. The van der Waals surface area contributed by atoms with Gasteiger partial charge in [0.1, 0.15) is 16.8 Å². The molecule has 3 rings (SSSR count). The highest BCUT2D eigenvalue weighted by molar-refractivity contribution is 6.64. The molecular weight excluding hydrogens is 316 g/mol. The summed E-state index contributed by atoms with van der Waals surface area (Å²) in [5.74, 6) is -0.923. The quantitative estimate of drug-likeness (QED) is 0.628. The Morgan fingerprint density at radius 2 is 1.87 bits per heavy atom. The molecule has 1 heterocycles. The maximum Gasteiger partial charge on any atom is 0.211 e. The van der Waals surface area contributed by atoms with Gasteiger partial charge in [-0.15, -0.1) is 11.6 Å². The number of hydrogen-bond acceptors (Lipinski definition) is 5. The van der Waals surface area contributed by atoms with E-state index in [1.807, 2.05) is 0 Å². The van der Waals surface area contributed by atoms with E-state index in [9.17, 15) is 14.4 Å². The van der Waals surface area contributed by atoms with Gasteiger partial charge in [0.15, 0.2) is 5.78 Å². The maximum atomic E-state index is 12.5. The van der Waals surface area contributed by atoms with E-state index in [-0.39, 0.29) is 22.8 Å². The summed E-state index contributed by atoms with van der Waals surface area (Å²) in [7, 11) is 0. The normalized spacial score (nSPS) is 18.9. The number of benzene rings is 1. The van der Waals surface area contributed by atoms with Gasteiger partial charge in [-0.05, 0) is 43.3 Å². The van der Waals surface area contributed by atoms with E-state index < -0.39 is 16.9 Å². The van der Waals surface area contributed by atoms with Crippen molar-refractivity contribution in [1.82, 2.24) is 4.98 Å². The van der Waals surface area contributed by atoms with Gasteiger partial charge in [0.05, 0.1) is 11.3 Å². The number of fused-ring (bicyclic) bond motifs is 1. The van der Waals surface area contributed by atoms with Crippen molar-refractivity contribution in [3.05, 3.63) is 59.4 Å². The molecule has 114 valence electrons. The molecule has 1 aliphatic rings. The SMILES string of the molecule is CC(=O)c1ccc(N=C2C(=O)c3cccnc3C(=O)C2Cl)cc1. The van der Waals surface area contributed by atoms with Crippen LogP contribution in [0.25, 0.3) is 0 Å². The number of halogens is 1. The van der Waals surface area contributed by atoms with Crippen molar-refractivity contribution in [2.45, 2.75) is 12.3 Å². The zero-order valence-corrected chi connectivity index (χ0v) is 12.9. The van der Waals surface area contributed by atoms with Crippen molar-refractivity contribution in [3.8, 4) is 0 Å². The summed E-state index contributed by atoms with van der Waals surface area (Å²) >= 11 is 6.09. The third kappa shape index (κ3) is 2.71. The summed E-state index contributed by atoms with van der Waals surface area (Å²) in [5.41, 5.74) is 1.23. The number of Topliss-reactive ketones (excluding diaryl/α,β-unsaturated/α-hetero) is 3. The minimum Gasteiger partial charge on any atom is -0.295 e. The van der Waals surface area contributed by atoms with Gasteiger partial charge in [0.25, 0.3) is 0 Å². The van der Waals surface area contributed by atoms with E-state index in [2.05, 4.69) is 9.98 Å². The first kappa shape index (κ1) is 15.2. The molecule has 6 heteroatoms. The summed E-state index contributed by atoms with van der Waals surface area (Å²) in [5, 5.41) is -1.17. The predicted molar refractivity (Wildman–Crippen MR) is 86.1 cm³/mol. The third-order valence-corrected chi connectivity index (χ3v) is 3.92. The Hall–Kier alpha value is -2.66. The van der Waals surface area contributed by atoms with Gasteiger partial charge < -0.3 is 0 Å². The molecule has 1 unspecified atom stereocenters. The molecule has 0 bridgehead atoms. The molecular formula is C17H11ClN2O3. The Morgan fingerprint density at radius 1 is 1.17 bits per heavy atom. The number of aliphatic imine (C=N–C) groups is 1. The van der Waals surface area contributed by atoms with E-state index >= 15 is 0 Å². The molecule has 5 nitrogen and oxygen atoms in total. The highest BCUT2D eigenvalue weighted by atomic mass is 35.5. The zero-order valence-electron chi connectivity index (χ0n) is 12.1. The van der Waals surface area contributed by atoms with Gasteiger partial charge in [-0.1, -0.05) is 0 Å². The van der Waals surface area contributed by atoms with E-state index in [0.717, 1.165) is 0 Å².